The first-order valence-corrected chi connectivity index (χ1v) is 9.49. The van der Waals surface area contributed by atoms with Crippen molar-refractivity contribution in [2.75, 3.05) is 33.5 Å². The van der Waals surface area contributed by atoms with Crippen LogP contribution in [0.1, 0.15) is 33.2 Å². The second-order valence-electron chi connectivity index (χ2n) is 6.63. The Hall–Kier alpha value is -3.55. The van der Waals surface area contributed by atoms with Crippen molar-refractivity contribution in [2.24, 2.45) is 0 Å². The largest absolute Gasteiger partial charge is 0.493 e. The third kappa shape index (κ3) is 5.28. The Labute approximate surface area is 174 Å². The van der Waals surface area contributed by atoms with E-state index in [2.05, 4.69) is 5.32 Å². The molecule has 2 aromatic rings. The van der Waals surface area contributed by atoms with Gasteiger partial charge in [-0.3, -0.25) is 9.59 Å². The molecule has 2 aromatic carbocycles. The van der Waals surface area contributed by atoms with E-state index in [1.54, 1.807) is 12.1 Å². The summed E-state index contributed by atoms with van der Waals surface area (Å²) in [6.07, 6.45) is 0.662. The van der Waals surface area contributed by atoms with E-state index in [1.807, 2.05) is 12.1 Å². The lowest BCUT2D eigenvalue weighted by molar-refractivity contribution is -0.118. The molecule has 8 heteroatoms. The summed E-state index contributed by atoms with van der Waals surface area (Å²) in [6.45, 7) is 2.37. The maximum atomic E-state index is 12.4. The van der Waals surface area contributed by atoms with Crippen LogP contribution in [0.5, 0.6) is 17.2 Å². The molecule has 1 amide bonds. The number of amides is 1. The lowest BCUT2D eigenvalue weighted by atomic mass is 10.1. The number of esters is 1. The number of hydrogen-bond acceptors (Lipinski definition) is 7. The van der Waals surface area contributed by atoms with E-state index in [1.165, 1.54) is 26.2 Å². The van der Waals surface area contributed by atoms with E-state index in [0.717, 1.165) is 5.56 Å². The SMILES string of the molecule is COc1cc(C(=O)OCC(=O)c2ccc(CCNC(C)=O)cc2)cc2c1OCCO2. The quantitative estimate of drug-likeness (QED) is 0.523. The van der Waals surface area contributed by atoms with Crippen LogP contribution in [0.3, 0.4) is 0 Å². The van der Waals surface area contributed by atoms with Crippen molar-refractivity contribution < 1.29 is 33.3 Å². The fraction of sp³-hybridized carbons (Fsp3) is 0.318. The summed E-state index contributed by atoms with van der Waals surface area (Å²) < 4.78 is 21.4. The number of benzene rings is 2. The van der Waals surface area contributed by atoms with Crippen molar-refractivity contribution in [3.63, 3.8) is 0 Å². The second kappa shape index (κ2) is 9.78. The van der Waals surface area contributed by atoms with Gasteiger partial charge in [-0.15, -0.1) is 0 Å². The molecular formula is C22H23NO7. The molecule has 0 atom stereocenters. The Morgan fingerprint density at radius 1 is 1.03 bits per heavy atom. The number of ketones is 1. The molecule has 0 saturated carbocycles. The molecule has 0 radical (unpaired) electrons. The number of Topliss-reactive ketones (excluding diaryl/α,β-unsaturated/α-hetero) is 1. The number of nitrogens with one attached hydrogen (secondary N) is 1. The molecule has 1 aliphatic heterocycles. The summed E-state index contributed by atoms with van der Waals surface area (Å²) in [6, 6.07) is 9.96. The Balaban J connectivity index is 1.58. The second-order valence-corrected chi connectivity index (χ2v) is 6.63. The van der Waals surface area contributed by atoms with E-state index in [-0.39, 0.29) is 23.9 Å². The molecule has 30 heavy (non-hydrogen) atoms. The van der Waals surface area contributed by atoms with Crippen LogP contribution in [-0.4, -0.2) is 51.1 Å². The van der Waals surface area contributed by atoms with Crippen molar-refractivity contribution in [3.8, 4) is 17.2 Å². The van der Waals surface area contributed by atoms with Crippen LogP contribution in [0.4, 0.5) is 0 Å². The topological polar surface area (TPSA) is 100 Å². The molecule has 3 rings (SSSR count). The lowest BCUT2D eigenvalue weighted by Crippen LogP contribution is -2.22. The summed E-state index contributed by atoms with van der Waals surface area (Å²) >= 11 is 0. The van der Waals surface area contributed by atoms with Gasteiger partial charge in [-0.1, -0.05) is 24.3 Å². The summed E-state index contributed by atoms with van der Waals surface area (Å²) in [7, 11) is 1.46. The zero-order valence-electron chi connectivity index (χ0n) is 16.9. The predicted molar refractivity (Wildman–Crippen MR) is 107 cm³/mol. The van der Waals surface area contributed by atoms with Crippen LogP contribution in [0.25, 0.3) is 0 Å². The first-order valence-electron chi connectivity index (χ1n) is 9.49. The molecule has 1 aliphatic rings. The van der Waals surface area contributed by atoms with Gasteiger partial charge >= 0.3 is 5.97 Å². The van der Waals surface area contributed by atoms with E-state index < -0.39 is 5.97 Å². The van der Waals surface area contributed by atoms with Crippen molar-refractivity contribution in [2.45, 2.75) is 13.3 Å². The minimum Gasteiger partial charge on any atom is -0.493 e. The van der Waals surface area contributed by atoms with Gasteiger partial charge in [0, 0.05) is 19.0 Å². The lowest BCUT2D eigenvalue weighted by Gasteiger charge is -2.21. The van der Waals surface area contributed by atoms with Crippen molar-refractivity contribution >= 4 is 17.7 Å². The molecule has 0 spiro atoms. The average Bonchev–Trinajstić information content (AvgIpc) is 2.76. The number of fused-ring (bicyclic) bond motifs is 1. The fourth-order valence-corrected chi connectivity index (χ4v) is 2.93. The van der Waals surface area contributed by atoms with Gasteiger partial charge < -0.3 is 24.3 Å². The smallest absolute Gasteiger partial charge is 0.338 e. The van der Waals surface area contributed by atoms with Gasteiger partial charge in [-0.2, -0.15) is 0 Å². The Morgan fingerprint density at radius 3 is 2.47 bits per heavy atom. The summed E-state index contributed by atoms with van der Waals surface area (Å²) in [5.74, 6) is 0.134. The average molecular weight is 413 g/mol. The summed E-state index contributed by atoms with van der Waals surface area (Å²) in [4.78, 5) is 35.6. The van der Waals surface area contributed by atoms with E-state index in [9.17, 15) is 14.4 Å². The molecule has 0 saturated heterocycles. The number of carbonyl (C=O) groups is 3. The maximum absolute atomic E-state index is 12.4. The molecule has 158 valence electrons. The van der Waals surface area contributed by atoms with Gasteiger partial charge in [0.25, 0.3) is 0 Å². The van der Waals surface area contributed by atoms with Gasteiger partial charge in [0.15, 0.2) is 23.9 Å². The highest BCUT2D eigenvalue weighted by Gasteiger charge is 2.22. The molecule has 0 fully saturated rings. The zero-order valence-corrected chi connectivity index (χ0v) is 16.9. The molecule has 0 bridgehead atoms. The van der Waals surface area contributed by atoms with Gasteiger partial charge in [-0.05, 0) is 24.1 Å². The zero-order chi connectivity index (χ0) is 21.5. The van der Waals surface area contributed by atoms with Crippen molar-refractivity contribution in [1.82, 2.24) is 5.32 Å². The fourth-order valence-electron chi connectivity index (χ4n) is 2.93. The summed E-state index contributed by atoms with van der Waals surface area (Å²) in [5.41, 5.74) is 1.63. The van der Waals surface area contributed by atoms with Crippen molar-refractivity contribution in [3.05, 3.63) is 53.1 Å². The van der Waals surface area contributed by atoms with Gasteiger partial charge in [-0.25, -0.2) is 4.79 Å². The predicted octanol–water partition coefficient (Wildman–Crippen LogP) is 2.18. The van der Waals surface area contributed by atoms with Crippen LogP contribution >= 0.6 is 0 Å². The third-order valence-electron chi connectivity index (χ3n) is 4.46. The number of carbonyl (C=O) groups excluding carboxylic acids is 3. The molecular weight excluding hydrogens is 390 g/mol. The Bertz CT molecular complexity index is 920. The minimum atomic E-state index is -0.662. The molecule has 1 N–H and O–H groups in total. The summed E-state index contributed by atoms with van der Waals surface area (Å²) in [5, 5.41) is 2.72. The van der Waals surface area contributed by atoms with E-state index in [4.69, 9.17) is 18.9 Å². The number of methoxy groups -OCH3 is 1. The molecule has 1 heterocycles. The van der Waals surface area contributed by atoms with Crippen LogP contribution in [0, 0.1) is 0 Å². The molecule has 0 unspecified atom stereocenters. The normalized spacial score (nSPS) is 12.1. The van der Waals surface area contributed by atoms with E-state index >= 15 is 0 Å². The third-order valence-corrected chi connectivity index (χ3v) is 4.46. The van der Waals surface area contributed by atoms with Crippen molar-refractivity contribution in [1.29, 1.82) is 0 Å². The molecule has 0 aliphatic carbocycles. The minimum absolute atomic E-state index is 0.0840. The van der Waals surface area contributed by atoms with Crippen LogP contribution in [-0.2, 0) is 16.0 Å². The monoisotopic (exact) mass is 413 g/mol. The van der Waals surface area contributed by atoms with E-state index in [0.29, 0.717) is 49.0 Å². The number of rotatable bonds is 8. The van der Waals surface area contributed by atoms with Gasteiger partial charge in [0.2, 0.25) is 11.7 Å². The number of hydrogen-bond donors (Lipinski definition) is 1. The molecule has 0 aromatic heterocycles. The van der Waals surface area contributed by atoms with Crippen LogP contribution in [0.2, 0.25) is 0 Å². The highest BCUT2D eigenvalue weighted by molar-refractivity contribution is 5.99. The standard InChI is InChI=1S/C22H23NO7/c1-14(24)23-8-7-15-3-5-16(6-4-15)18(25)13-30-22(26)17-11-19(27-2)21-20(12-17)28-9-10-29-21/h3-6,11-12H,7-10,13H2,1-2H3,(H,23,24). The van der Waals surface area contributed by atoms with Gasteiger partial charge in [0.1, 0.15) is 13.2 Å². The van der Waals surface area contributed by atoms with Gasteiger partial charge in [0.05, 0.1) is 12.7 Å². The molecule has 8 nitrogen and oxygen atoms in total. The Morgan fingerprint density at radius 2 is 1.77 bits per heavy atom. The maximum Gasteiger partial charge on any atom is 0.338 e. The highest BCUT2D eigenvalue weighted by Crippen LogP contribution is 2.40. The first-order chi connectivity index (χ1) is 14.5. The highest BCUT2D eigenvalue weighted by atomic mass is 16.6. The Kier molecular flexibility index (Phi) is 6.90. The first kappa shape index (κ1) is 21.2. The van der Waals surface area contributed by atoms with Crippen LogP contribution in [0.15, 0.2) is 36.4 Å². The number of ether oxygens (including phenoxy) is 4. The van der Waals surface area contributed by atoms with Crippen LogP contribution < -0.4 is 19.5 Å².